The number of ketones is 1. The number of benzene rings is 2. The van der Waals surface area contributed by atoms with Crippen LogP contribution in [0.4, 0.5) is 0 Å². The quantitative estimate of drug-likeness (QED) is 0.383. The van der Waals surface area contributed by atoms with Crippen molar-refractivity contribution in [3.05, 3.63) is 88.2 Å². The lowest BCUT2D eigenvalue weighted by Gasteiger charge is -2.17. The third kappa shape index (κ3) is 4.66. The summed E-state index contributed by atoms with van der Waals surface area (Å²) in [5, 5.41) is 9.45. The number of carboxylic acids is 1. The number of nitrogens with zero attached hydrogens (tertiary/aromatic N) is 2. The van der Waals surface area contributed by atoms with E-state index in [2.05, 4.69) is 16.4 Å². The molecule has 0 aliphatic carbocycles. The van der Waals surface area contributed by atoms with Crippen LogP contribution in [0.25, 0.3) is 0 Å². The molecule has 0 bridgehead atoms. The van der Waals surface area contributed by atoms with E-state index in [1.165, 1.54) is 17.7 Å². The van der Waals surface area contributed by atoms with Gasteiger partial charge in [-0.1, -0.05) is 48.5 Å². The molecule has 0 atom stereocenters. The minimum Gasteiger partial charge on any atom is -0.480 e. The summed E-state index contributed by atoms with van der Waals surface area (Å²) >= 11 is 1.78. The third-order valence-electron chi connectivity index (χ3n) is 6.10. The summed E-state index contributed by atoms with van der Waals surface area (Å²) in [4.78, 5) is 26.2. The van der Waals surface area contributed by atoms with Gasteiger partial charge < -0.3 is 9.67 Å². The number of carbonyl (C=O) groups excluding carboxylic acids is 1. The molecule has 2 heterocycles. The lowest BCUT2D eigenvalue weighted by Crippen LogP contribution is -2.12. The molecule has 1 aliphatic rings. The summed E-state index contributed by atoms with van der Waals surface area (Å²) in [6.07, 6.45) is 3.03. The first-order chi connectivity index (χ1) is 15.5. The highest BCUT2D eigenvalue weighted by atomic mass is 32.2. The van der Waals surface area contributed by atoms with Crippen molar-refractivity contribution >= 4 is 23.7 Å². The number of aromatic nitrogens is 1. The van der Waals surface area contributed by atoms with Gasteiger partial charge in [-0.2, -0.15) is 0 Å². The second kappa shape index (κ2) is 9.76. The highest BCUT2D eigenvalue weighted by molar-refractivity contribution is 7.97. The van der Waals surface area contributed by atoms with Crippen molar-refractivity contribution in [2.24, 2.45) is 0 Å². The van der Waals surface area contributed by atoms with Crippen molar-refractivity contribution in [3.8, 4) is 0 Å². The Morgan fingerprint density at radius 2 is 1.59 bits per heavy atom. The van der Waals surface area contributed by atoms with E-state index in [1.54, 1.807) is 16.5 Å². The fourth-order valence-electron chi connectivity index (χ4n) is 4.42. The number of carbonyl (C=O) groups is 2. The van der Waals surface area contributed by atoms with Gasteiger partial charge in [-0.05, 0) is 55.8 Å². The van der Waals surface area contributed by atoms with Gasteiger partial charge in [-0.3, -0.25) is 9.59 Å². The highest BCUT2D eigenvalue weighted by Crippen LogP contribution is 2.33. The molecule has 2 aromatic carbocycles. The Hall–Kier alpha value is -2.83. The van der Waals surface area contributed by atoms with Crippen molar-refractivity contribution in [2.75, 3.05) is 13.1 Å². The Balaban J connectivity index is 1.77. The second-order valence-electron chi connectivity index (χ2n) is 8.21. The first kappa shape index (κ1) is 22.4. The monoisotopic (exact) mass is 448 g/mol. The van der Waals surface area contributed by atoms with Crippen molar-refractivity contribution in [3.63, 3.8) is 0 Å². The molecule has 3 aromatic rings. The zero-order valence-corrected chi connectivity index (χ0v) is 19.3. The summed E-state index contributed by atoms with van der Waals surface area (Å²) in [6.45, 7) is 5.79. The van der Waals surface area contributed by atoms with E-state index in [0.717, 1.165) is 29.9 Å². The molecule has 166 valence electrons. The van der Waals surface area contributed by atoms with Crippen LogP contribution >= 0.6 is 11.9 Å². The molecule has 1 aromatic heterocycles. The maximum absolute atomic E-state index is 13.5. The Morgan fingerprint density at radius 3 is 2.28 bits per heavy atom. The van der Waals surface area contributed by atoms with Crippen molar-refractivity contribution < 1.29 is 14.7 Å². The molecule has 32 heavy (non-hydrogen) atoms. The fourth-order valence-corrected chi connectivity index (χ4v) is 5.54. The minimum absolute atomic E-state index is 0.0602. The highest BCUT2D eigenvalue weighted by Gasteiger charge is 2.26. The standard InChI is InChI=1S/C26H28N2O3S/c1-18-22(16-21-12-6-7-13-23(21)32-27-14-8-9-15-27)25(19(2)28(18)17-24(29)30)26(31)20-10-4-3-5-11-20/h3-7,10-13H,8-9,14-17H2,1-2H3,(H,29,30). The normalized spacial score (nSPS) is 14.1. The van der Waals surface area contributed by atoms with Crippen LogP contribution in [0.1, 0.15) is 51.3 Å². The predicted molar refractivity (Wildman–Crippen MR) is 127 cm³/mol. The summed E-state index contributed by atoms with van der Waals surface area (Å²) in [5.74, 6) is -0.975. The Morgan fingerprint density at radius 1 is 0.938 bits per heavy atom. The number of aliphatic carboxylic acids is 1. The first-order valence-corrected chi connectivity index (χ1v) is 11.7. The van der Waals surface area contributed by atoms with Gasteiger partial charge in [0.05, 0.1) is 0 Å². The van der Waals surface area contributed by atoms with E-state index >= 15 is 0 Å². The average Bonchev–Trinajstić information content (AvgIpc) is 3.38. The number of hydrogen-bond acceptors (Lipinski definition) is 4. The molecular formula is C26H28N2O3S. The minimum atomic E-state index is -0.915. The van der Waals surface area contributed by atoms with Gasteiger partial charge in [0.2, 0.25) is 0 Å². The Bertz CT molecular complexity index is 1130. The van der Waals surface area contributed by atoms with Gasteiger partial charge in [0, 0.05) is 46.9 Å². The van der Waals surface area contributed by atoms with Gasteiger partial charge in [-0.15, -0.1) is 0 Å². The molecule has 0 unspecified atom stereocenters. The molecule has 0 saturated carbocycles. The lowest BCUT2D eigenvalue weighted by atomic mass is 9.95. The summed E-state index contributed by atoms with van der Waals surface area (Å²) in [7, 11) is 0. The fraction of sp³-hybridized carbons (Fsp3) is 0.308. The van der Waals surface area contributed by atoms with Crippen LogP contribution < -0.4 is 0 Å². The maximum atomic E-state index is 13.5. The molecule has 4 rings (SSSR count). The van der Waals surface area contributed by atoms with Crippen LogP contribution in [0.3, 0.4) is 0 Å². The largest absolute Gasteiger partial charge is 0.480 e. The SMILES string of the molecule is Cc1c(Cc2ccccc2SN2CCCC2)c(C(=O)c2ccccc2)c(C)n1CC(=O)O. The van der Waals surface area contributed by atoms with Gasteiger partial charge in [0.25, 0.3) is 0 Å². The number of rotatable bonds is 8. The van der Waals surface area contributed by atoms with E-state index in [0.29, 0.717) is 23.2 Å². The second-order valence-corrected chi connectivity index (χ2v) is 9.35. The molecule has 5 nitrogen and oxygen atoms in total. The smallest absolute Gasteiger partial charge is 0.323 e. The van der Waals surface area contributed by atoms with Crippen molar-refractivity contribution in [2.45, 2.75) is 44.6 Å². The summed E-state index contributed by atoms with van der Waals surface area (Å²) in [5.41, 5.74) is 4.85. The van der Waals surface area contributed by atoms with Crippen LogP contribution in [0.2, 0.25) is 0 Å². The zero-order chi connectivity index (χ0) is 22.7. The lowest BCUT2D eigenvalue weighted by molar-refractivity contribution is -0.137. The van der Waals surface area contributed by atoms with E-state index in [1.807, 2.05) is 56.3 Å². The van der Waals surface area contributed by atoms with E-state index in [4.69, 9.17) is 0 Å². The molecule has 0 amide bonds. The molecule has 0 spiro atoms. The first-order valence-electron chi connectivity index (χ1n) is 11.0. The topological polar surface area (TPSA) is 62.5 Å². The van der Waals surface area contributed by atoms with Gasteiger partial charge >= 0.3 is 5.97 Å². The Kier molecular flexibility index (Phi) is 6.82. The van der Waals surface area contributed by atoms with E-state index in [-0.39, 0.29) is 12.3 Å². The van der Waals surface area contributed by atoms with Crippen LogP contribution in [0.15, 0.2) is 59.5 Å². The Labute approximate surface area is 193 Å². The van der Waals surface area contributed by atoms with E-state index < -0.39 is 5.97 Å². The van der Waals surface area contributed by atoms with Gasteiger partial charge in [0.15, 0.2) is 5.78 Å². The molecule has 1 fully saturated rings. The maximum Gasteiger partial charge on any atom is 0.323 e. The number of hydrogen-bond donors (Lipinski definition) is 1. The molecule has 1 saturated heterocycles. The predicted octanol–water partition coefficient (Wildman–Crippen LogP) is 5.11. The molecule has 1 aliphatic heterocycles. The molecule has 0 radical (unpaired) electrons. The summed E-state index contributed by atoms with van der Waals surface area (Å²) in [6, 6.07) is 17.5. The van der Waals surface area contributed by atoms with Gasteiger partial charge in [-0.25, -0.2) is 4.31 Å². The van der Waals surface area contributed by atoms with Gasteiger partial charge in [0.1, 0.15) is 6.54 Å². The van der Waals surface area contributed by atoms with Crippen molar-refractivity contribution in [1.82, 2.24) is 8.87 Å². The average molecular weight is 449 g/mol. The molecular weight excluding hydrogens is 420 g/mol. The number of carboxylic acid groups (broad SMARTS) is 1. The van der Waals surface area contributed by atoms with Crippen LogP contribution in [0, 0.1) is 13.8 Å². The summed E-state index contributed by atoms with van der Waals surface area (Å²) < 4.78 is 4.15. The van der Waals surface area contributed by atoms with Crippen molar-refractivity contribution in [1.29, 1.82) is 0 Å². The van der Waals surface area contributed by atoms with Crippen LogP contribution in [-0.4, -0.2) is 38.8 Å². The zero-order valence-electron chi connectivity index (χ0n) is 18.5. The third-order valence-corrected chi connectivity index (χ3v) is 7.32. The molecule has 6 heteroatoms. The van der Waals surface area contributed by atoms with E-state index in [9.17, 15) is 14.7 Å². The molecule has 1 N–H and O–H groups in total. The van der Waals surface area contributed by atoms with Crippen LogP contribution in [0.5, 0.6) is 0 Å². The van der Waals surface area contributed by atoms with Crippen LogP contribution in [-0.2, 0) is 17.8 Å².